The average molecular weight is 283 g/mol. The Labute approximate surface area is 115 Å². The van der Waals surface area contributed by atoms with E-state index in [1.165, 1.54) is 0 Å². The number of thiazole rings is 1. The Morgan fingerprint density at radius 3 is 3.00 bits per heavy atom. The van der Waals surface area contributed by atoms with Crippen LogP contribution < -0.4 is 5.32 Å². The number of halogens is 1. The summed E-state index contributed by atoms with van der Waals surface area (Å²) in [6.45, 7) is 3.44. The van der Waals surface area contributed by atoms with Crippen molar-refractivity contribution in [3.05, 3.63) is 44.9 Å². The van der Waals surface area contributed by atoms with Crippen LogP contribution in [0, 0.1) is 6.92 Å². The highest BCUT2D eigenvalue weighted by Gasteiger charge is 2.04. The molecule has 1 heterocycles. The molecule has 0 amide bonds. The molecule has 0 aliphatic carbocycles. The Balaban J connectivity index is 1.80. The third-order valence-electron chi connectivity index (χ3n) is 2.57. The summed E-state index contributed by atoms with van der Waals surface area (Å²) in [6, 6.07) is 5.38. The molecule has 1 aromatic heterocycles. The van der Waals surface area contributed by atoms with Crippen LogP contribution >= 0.6 is 22.9 Å². The molecule has 2 N–H and O–H groups in total. The maximum atomic E-state index is 9.74. The number of rotatable bonds is 5. The van der Waals surface area contributed by atoms with E-state index in [2.05, 4.69) is 15.7 Å². The van der Waals surface area contributed by atoms with Gasteiger partial charge in [-0.2, -0.15) is 0 Å². The lowest BCUT2D eigenvalue weighted by molar-refractivity contribution is 0.465. The van der Waals surface area contributed by atoms with E-state index >= 15 is 0 Å². The van der Waals surface area contributed by atoms with Crippen LogP contribution in [0.2, 0.25) is 5.02 Å². The molecular weight excluding hydrogens is 268 g/mol. The maximum Gasteiger partial charge on any atom is 0.138 e. The van der Waals surface area contributed by atoms with Crippen LogP contribution in [0.4, 0.5) is 0 Å². The SMILES string of the molecule is Cc1csc(CCNCc2cccc(Cl)c2O)n1. The Morgan fingerprint density at radius 2 is 2.28 bits per heavy atom. The lowest BCUT2D eigenvalue weighted by Gasteiger charge is -2.07. The number of hydrogen-bond acceptors (Lipinski definition) is 4. The molecule has 0 saturated carbocycles. The van der Waals surface area contributed by atoms with Gasteiger partial charge >= 0.3 is 0 Å². The number of nitrogens with one attached hydrogen (secondary N) is 1. The molecule has 0 fully saturated rings. The van der Waals surface area contributed by atoms with E-state index in [1.807, 2.05) is 19.1 Å². The number of hydrogen-bond donors (Lipinski definition) is 2. The summed E-state index contributed by atoms with van der Waals surface area (Å²) in [4.78, 5) is 4.39. The normalized spacial score (nSPS) is 10.8. The van der Waals surface area contributed by atoms with Crippen LogP contribution in [-0.4, -0.2) is 16.6 Å². The summed E-state index contributed by atoms with van der Waals surface area (Å²) in [5, 5.41) is 16.6. The van der Waals surface area contributed by atoms with Crippen molar-refractivity contribution in [2.45, 2.75) is 19.9 Å². The van der Waals surface area contributed by atoms with E-state index in [0.717, 1.165) is 29.2 Å². The molecule has 2 aromatic rings. The minimum Gasteiger partial charge on any atom is -0.506 e. The van der Waals surface area contributed by atoms with Crippen LogP contribution in [0.25, 0.3) is 0 Å². The number of phenols is 1. The van der Waals surface area contributed by atoms with Crippen molar-refractivity contribution in [2.24, 2.45) is 0 Å². The number of nitrogens with zero attached hydrogens (tertiary/aromatic N) is 1. The van der Waals surface area contributed by atoms with Crippen LogP contribution in [0.3, 0.4) is 0 Å². The second kappa shape index (κ2) is 6.18. The fourth-order valence-electron chi connectivity index (χ4n) is 1.64. The minimum absolute atomic E-state index is 0.164. The molecule has 5 heteroatoms. The molecule has 18 heavy (non-hydrogen) atoms. The zero-order valence-corrected chi connectivity index (χ0v) is 11.7. The fraction of sp³-hybridized carbons (Fsp3) is 0.308. The molecule has 0 bridgehead atoms. The minimum atomic E-state index is 0.164. The number of aryl methyl sites for hydroxylation is 1. The largest absolute Gasteiger partial charge is 0.506 e. The molecule has 0 radical (unpaired) electrons. The lowest BCUT2D eigenvalue weighted by Crippen LogP contribution is -2.16. The predicted molar refractivity (Wildman–Crippen MR) is 75.4 cm³/mol. The fourth-order valence-corrected chi connectivity index (χ4v) is 2.61. The molecule has 2 rings (SSSR count). The number of phenolic OH excluding ortho intramolecular Hbond substituents is 1. The van der Waals surface area contributed by atoms with Crippen molar-refractivity contribution >= 4 is 22.9 Å². The second-order valence-corrected chi connectivity index (χ2v) is 5.41. The predicted octanol–water partition coefficient (Wildman–Crippen LogP) is 3.14. The van der Waals surface area contributed by atoms with Gasteiger partial charge < -0.3 is 10.4 Å². The monoisotopic (exact) mass is 282 g/mol. The third kappa shape index (κ3) is 3.45. The summed E-state index contributed by atoms with van der Waals surface area (Å²) in [5.41, 5.74) is 1.89. The van der Waals surface area contributed by atoms with Gasteiger partial charge in [0.1, 0.15) is 5.75 Å². The molecular formula is C13H15ClN2OS. The summed E-state index contributed by atoms with van der Waals surface area (Å²) in [5.74, 6) is 0.164. The highest BCUT2D eigenvalue weighted by atomic mass is 35.5. The van der Waals surface area contributed by atoms with Gasteiger partial charge in [0.25, 0.3) is 0 Å². The van der Waals surface area contributed by atoms with Crippen LogP contribution in [0.5, 0.6) is 5.75 Å². The number of benzene rings is 1. The molecule has 0 unspecified atom stereocenters. The van der Waals surface area contributed by atoms with Crippen molar-refractivity contribution in [1.82, 2.24) is 10.3 Å². The van der Waals surface area contributed by atoms with Gasteiger partial charge in [-0.15, -0.1) is 11.3 Å². The van der Waals surface area contributed by atoms with Gasteiger partial charge in [0.05, 0.1) is 10.0 Å². The first-order chi connectivity index (χ1) is 8.66. The first-order valence-electron chi connectivity index (χ1n) is 5.75. The number of aromatic hydroxyl groups is 1. The molecule has 0 spiro atoms. The van der Waals surface area contributed by atoms with Crippen molar-refractivity contribution in [3.8, 4) is 5.75 Å². The molecule has 3 nitrogen and oxygen atoms in total. The summed E-state index contributed by atoms with van der Waals surface area (Å²) < 4.78 is 0. The molecule has 0 aliphatic rings. The lowest BCUT2D eigenvalue weighted by atomic mass is 10.2. The Kier molecular flexibility index (Phi) is 4.58. The Morgan fingerprint density at radius 1 is 1.44 bits per heavy atom. The van der Waals surface area contributed by atoms with E-state index in [9.17, 15) is 5.11 Å². The molecule has 0 atom stereocenters. The van der Waals surface area contributed by atoms with Gasteiger partial charge in [-0.25, -0.2) is 4.98 Å². The van der Waals surface area contributed by atoms with Crippen molar-refractivity contribution in [2.75, 3.05) is 6.54 Å². The van der Waals surface area contributed by atoms with Crippen molar-refractivity contribution in [1.29, 1.82) is 0 Å². The second-order valence-electron chi connectivity index (χ2n) is 4.06. The van der Waals surface area contributed by atoms with Gasteiger partial charge in [0.2, 0.25) is 0 Å². The third-order valence-corrected chi connectivity index (χ3v) is 3.90. The Hall–Kier alpha value is -1.10. The van der Waals surface area contributed by atoms with Crippen molar-refractivity contribution < 1.29 is 5.11 Å². The van der Waals surface area contributed by atoms with Crippen LogP contribution in [0.15, 0.2) is 23.6 Å². The van der Waals surface area contributed by atoms with Crippen molar-refractivity contribution in [3.63, 3.8) is 0 Å². The van der Waals surface area contributed by atoms with E-state index in [-0.39, 0.29) is 5.75 Å². The van der Waals surface area contributed by atoms with Gasteiger partial charge in [-0.1, -0.05) is 23.7 Å². The van der Waals surface area contributed by atoms with Gasteiger partial charge in [0, 0.05) is 36.1 Å². The van der Waals surface area contributed by atoms with Gasteiger partial charge in [-0.05, 0) is 13.0 Å². The summed E-state index contributed by atoms with van der Waals surface area (Å²) >= 11 is 7.52. The van der Waals surface area contributed by atoms with E-state index in [1.54, 1.807) is 17.4 Å². The van der Waals surface area contributed by atoms with Gasteiger partial charge in [0.15, 0.2) is 0 Å². The standard InChI is InChI=1S/C13H15ClN2OS/c1-9-8-18-12(16-9)5-6-15-7-10-3-2-4-11(14)13(10)17/h2-4,8,15,17H,5-7H2,1H3. The number of para-hydroxylation sites is 1. The first-order valence-corrected chi connectivity index (χ1v) is 7.00. The maximum absolute atomic E-state index is 9.74. The molecule has 96 valence electrons. The van der Waals surface area contributed by atoms with Crippen LogP contribution in [-0.2, 0) is 13.0 Å². The number of aromatic nitrogens is 1. The topological polar surface area (TPSA) is 45.1 Å². The first kappa shape index (κ1) is 13.3. The quantitative estimate of drug-likeness (QED) is 0.828. The zero-order valence-electron chi connectivity index (χ0n) is 10.1. The van der Waals surface area contributed by atoms with E-state index in [0.29, 0.717) is 11.6 Å². The molecule has 0 aliphatic heterocycles. The smallest absolute Gasteiger partial charge is 0.138 e. The summed E-state index contributed by atoms with van der Waals surface area (Å²) in [6.07, 6.45) is 0.903. The Bertz CT molecular complexity index is 527. The van der Waals surface area contributed by atoms with E-state index in [4.69, 9.17) is 11.6 Å². The van der Waals surface area contributed by atoms with Crippen LogP contribution in [0.1, 0.15) is 16.3 Å². The molecule has 0 saturated heterocycles. The van der Waals surface area contributed by atoms with Gasteiger partial charge in [-0.3, -0.25) is 0 Å². The highest BCUT2D eigenvalue weighted by Crippen LogP contribution is 2.26. The average Bonchev–Trinajstić information content (AvgIpc) is 2.76. The van der Waals surface area contributed by atoms with E-state index < -0.39 is 0 Å². The zero-order chi connectivity index (χ0) is 13.0. The summed E-state index contributed by atoms with van der Waals surface area (Å²) in [7, 11) is 0. The molecule has 1 aromatic carbocycles. The highest BCUT2D eigenvalue weighted by molar-refractivity contribution is 7.09.